The van der Waals surface area contributed by atoms with Crippen molar-refractivity contribution in [3.05, 3.63) is 59.1 Å². The summed E-state index contributed by atoms with van der Waals surface area (Å²) < 4.78 is 16.0. The Kier molecular flexibility index (Phi) is 6.42. The summed E-state index contributed by atoms with van der Waals surface area (Å²) >= 11 is 1.53. The highest BCUT2D eigenvalue weighted by Gasteiger charge is 2.21. The first-order chi connectivity index (χ1) is 15.1. The fourth-order valence-corrected chi connectivity index (χ4v) is 4.57. The minimum Gasteiger partial charge on any atom is -0.497 e. The third-order valence-electron chi connectivity index (χ3n) is 5.39. The van der Waals surface area contributed by atoms with Crippen LogP contribution in [0.25, 0.3) is 10.6 Å². The van der Waals surface area contributed by atoms with Crippen LogP contribution in [0.15, 0.2) is 47.8 Å². The van der Waals surface area contributed by atoms with E-state index in [1.807, 2.05) is 59.7 Å². The second-order valence-electron chi connectivity index (χ2n) is 7.47. The molecule has 0 N–H and O–H groups in total. The van der Waals surface area contributed by atoms with E-state index >= 15 is 0 Å². The maximum absolute atomic E-state index is 13.0. The number of rotatable bonds is 8. The van der Waals surface area contributed by atoms with Crippen molar-refractivity contribution in [3.63, 3.8) is 0 Å². The van der Waals surface area contributed by atoms with Gasteiger partial charge in [0, 0.05) is 23.5 Å². The summed E-state index contributed by atoms with van der Waals surface area (Å²) in [5, 5.41) is 2.83. The van der Waals surface area contributed by atoms with E-state index in [-0.39, 0.29) is 18.7 Å². The van der Waals surface area contributed by atoms with Gasteiger partial charge in [-0.05, 0) is 56.2 Å². The average molecular weight is 439 g/mol. The van der Waals surface area contributed by atoms with Gasteiger partial charge in [-0.1, -0.05) is 12.1 Å². The van der Waals surface area contributed by atoms with Gasteiger partial charge in [0.25, 0.3) is 0 Å². The molecule has 162 valence electrons. The van der Waals surface area contributed by atoms with Crippen molar-refractivity contribution in [2.45, 2.75) is 32.7 Å². The van der Waals surface area contributed by atoms with Crippen LogP contribution in [0.4, 0.5) is 0 Å². The smallest absolute Gasteiger partial charge is 0.231 e. The fraction of sp³-hybridized carbons (Fsp3) is 0.333. The van der Waals surface area contributed by atoms with Crippen LogP contribution in [0.1, 0.15) is 25.1 Å². The summed E-state index contributed by atoms with van der Waals surface area (Å²) in [5.74, 6) is 2.41. The molecule has 0 spiro atoms. The molecule has 6 nitrogen and oxygen atoms in total. The van der Waals surface area contributed by atoms with Gasteiger partial charge < -0.3 is 19.1 Å². The van der Waals surface area contributed by atoms with Crippen LogP contribution in [-0.2, 0) is 17.6 Å². The Hall–Kier alpha value is -3.06. The second kappa shape index (κ2) is 9.39. The van der Waals surface area contributed by atoms with Crippen LogP contribution in [0.5, 0.6) is 17.2 Å². The number of carbonyl (C=O) groups excluding carboxylic acids is 1. The lowest BCUT2D eigenvalue weighted by atomic mass is 10.1. The van der Waals surface area contributed by atoms with Crippen molar-refractivity contribution in [1.82, 2.24) is 9.88 Å². The number of benzene rings is 2. The first kappa shape index (κ1) is 21.2. The molecule has 1 amide bonds. The van der Waals surface area contributed by atoms with E-state index in [1.165, 1.54) is 16.9 Å². The number of thiazole rings is 1. The number of aromatic nitrogens is 1. The first-order valence-corrected chi connectivity index (χ1v) is 11.2. The number of methoxy groups -OCH3 is 1. The van der Waals surface area contributed by atoms with Crippen molar-refractivity contribution < 1.29 is 19.0 Å². The maximum Gasteiger partial charge on any atom is 0.231 e. The molecule has 1 aliphatic heterocycles. The molecule has 0 saturated heterocycles. The third-order valence-corrected chi connectivity index (χ3v) is 6.33. The molecule has 0 aliphatic carbocycles. The number of carbonyl (C=O) groups is 1. The van der Waals surface area contributed by atoms with Crippen molar-refractivity contribution in [3.8, 4) is 27.8 Å². The molecule has 1 aliphatic rings. The Labute approximate surface area is 186 Å². The summed E-state index contributed by atoms with van der Waals surface area (Å²) in [4.78, 5) is 19.6. The lowest BCUT2D eigenvalue weighted by Gasteiger charge is -2.28. The summed E-state index contributed by atoms with van der Waals surface area (Å²) in [6.07, 6.45) is 1.09. The molecule has 1 atom stereocenters. The topological polar surface area (TPSA) is 60.9 Å². The van der Waals surface area contributed by atoms with Gasteiger partial charge in [-0.2, -0.15) is 0 Å². The zero-order valence-electron chi connectivity index (χ0n) is 18.0. The molecule has 1 unspecified atom stereocenters. The molecule has 4 rings (SSSR count). The number of nitrogens with zero attached hydrogens (tertiary/aromatic N) is 2. The van der Waals surface area contributed by atoms with Crippen LogP contribution in [0.3, 0.4) is 0 Å². The van der Waals surface area contributed by atoms with Gasteiger partial charge >= 0.3 is 0 Å². The monoisotopic (exact) mass is 438 g/mol. The Morgan fingerprint density at radius 3 is 2.71 bits per heavy atom. The van der Waals surface area contributed by atoms with Gasteiger partial charge in [0.15, 0.2) is 11.5 Å². The van der Waals surface area contributed by atoms with Crippen molar-refractivity contribution in [2.24, 2.45) is 0 Å². The van der Waals surface area contributed by atoms with Crippen LogP contribution >= 0.6 is 11.3 Å². The van der Waals surface area contributed by atoms with Gasteiger partial charge in [0.2, 0.25) is 12.7 Å². The molecule has 3 aromatic rings. The number of hydrogen-bond donors (Lipinski definition) is 0. The molecule has 0 saturated carbocycles. The molecule has 7 heteroatoms. The lowest BCUT2D eigenvalue weighted by molar-refractivity contribution is -0.132. The molecule has 31 heavy (non-hydrogen) atoms. The third kappa shape index (κ3) is 4.82. The molecule has 2 heterocycles. The van der Waals surface area contributed by atoms with Crippen molar-refractivity contribution in [2.75, 3.05) is 20.4 Å². The highest BCUT2D eigenvalue weighted by Crippen LogP contribution is 2.36. The van der Waals surface area contributed by atoms with Gasteiger partial charge in [0.1, 0.15) is 10.8 Å². The molecule has 0 radical (unpaired) electrons. The highest BCUT2D eigenvalue weighted by molar-refractivity contribution is 7.13. The molecule has 0 fully saturated rings. The summed E-state index contributed by atoms with van der Waals surface area (Å²) in [6.45, 7) is 5.01. The minimum absolute atomic E-state index is 0.0889. The van der Waals surface area contributed by atoms with Gasteiger partial charge in [0.05, 0.1) is 19.2 Å². The summed E-state index contributed by atoms with van der Waals surface area (Å²) in [5.41, 5.74) is 2.93. The van der Waals surface area contributed by atoms with E-state index in [0.717, 1.165) is 39.9 Å². The number of amides is 1. The predicted octanol–water partition coefficient (Wildman–Crippen LogP) is 4.57. The standard InChI is InChI=1S/C24H26N2O4S/c1-4-26(16(2)11-17-5-8-20(28-3)9-6-17)23(27)13-19-14-31-24(25-19)18-7-10-21-22(12-18)30-15-29-21/h5-10,12,14,16H,4,11,13,15H2,1-3H3. The van der Waals surface area contributed by atoms with E-state index in [9.17, 15) is 4.79 Å². The molecule has 1 aromatic heterocycles. The van der Waals surface area contributed by atoms with Gasteiger partial charge in [-0.15, -0.1) is 11.3 Å². The quantitative estimate of drug-likeness (QED) is 0.516. The maximum atomic E-state index is 13.0. The van der Waals surface area contributed by atoms with E-state index in [2.05, 4.69) is 11.9 Å². The summed E-state index contributed by atoms with van der Waals surface area (Å²) in [7, 11) is 1.66. The van der Waals surface area contributed by atoms with Gasteiger partial charge in [-0.3, -0.25) is 4.79 Å². The lowest BCUT2D eigenvalue weighted by Crippen LogP contribution is -2.40. The van der Waals surface area contributed by atoms with Crippen LogP contribution in [-0.4, -0.2) is 42.3 Å². The molecular formula is C24H26N2O4S. The van der Waals surface area contributed by atoms with Crippen LogP contribution < -0.4 is 14.2 Å². The zero-order chi connectivity index (χ0) is 21.8. The Morgan fingerprint density at radius 2 is 1.97 bits per heavy atom. The number of ether oxygens (including phenoxy) is 3. The number of hydrogen-bond acceptors (Lipinski definition) is 6. The average Bonchev–Trinajstić information content (AvgIpc) is 3.43. The van der Waals surface area contributed by atoms with Crippen LogP contribution in [0.2, 0.25) is 0 Å². The van der Waals surface area contributed by atoms with E-state index in [1.54, 1.807) is 7.11 Å². The van der Waals surface area contributed by atoms with Crippen LogP contribution in [0, 0.1) is 0 Å². The molecule has 2 aromatic carbocycles. The van der Waals surface area contributed by atoms with E-state index < -0.39 is 0 Å². The minimum atomic E-state index is 0.0889. The SMILES string of the molecule is CCN(C(=O)Cc1csc(-c2ccc3c(c2)OCO3)n1)C(C)Cc1ccc(OC)cc1. The van der Waals surface area contributed by atoms with Gasteiger partial charge in [-0.25, -0.2) is 4.98 Å². The molecular weight excluding hydrogens is 412 g/mol. The first-order valence-electron chi connectivity index (χ1n) is 10.3. The van der Waals surface area contributed by atoms with E-state index in [4.69, 9.17) is 14.2 Å². The zero-order valence-corrected chi connectivity index (χ0v) is 18.8. The predicted molar refractivity (Wildman–Crippen MR) is 121 cm³/mol. The number of likely N-dealkylation sites (N-methyl/N-ethyl adjacent to an activating group) is 1. The largest absolute Gasteiger partial charge is 0.497 e. The summed E-state index contributed by atoms with van der Waals surface area (Å²) in [6, 6.07) is 13.9. The Morgan fingerprint density at radius 1 is 1.19 bits per heavy atom. The normalized spacial score (nSPS) is 13.1. The Bertz CT molecular complexity index is 1050. The van der Waals surface area contributed by atoms with E-state index in [0.29, 0.717) is 13.0 Å². The second-order valence-corrected chi connectivity index (χ2v) is 8.33. The highest BCUT2D eigenvalue weighted by atomic mass is 32.1. The number of fused-ring (bicyclic) bond motifs is 1. The fourth-order valence-electron chi connectivity index (χ4n) is 3.75. The Balaban J connectivity index is 1.40. The van der Waals surface area contributed by atoms with Crippen molar-refractivity contribution in [1.29, 1.82) is 0 Å². The van der Waals surface area contributed by atoms with Crippen molar-refractivity contribution >= 4 is 17.2 Å². The molecule has 0 bridgehead atoms.